The summed E-state index contributed by atoms with van der Waals surface area (Å²) in [6, 6.07) is 18.4. The molecule has 24 heavy (non-hydrogen) atoms. The van der Waals surface area contributed by atoms with Crippen molar-refractivity contribution >= 4 is 9.84 Å². The molecule has 1 heterocycles. The van der Waals surface area contributed by atoms with Gasteiger partial charge in [0.1, 0.15) is 0 Å². The Labute approximate surface area is 141 Å². The van der Waals surface area contributed by atoms with Crippen molar-refractivity contribution in [1.82, 2.24) is 9.78 Å². The number of aromatic nitrogens is 2. The average molecular weight is 342 g/mol. The topological polar surface area (TPSA) is 72.2 Å². The summed E-state index contributed by atoms with van der Waals surface area (Å²) in [4.78, 5) is 0.280. The van der Waals surface area contributed by atoms with E-state index in [0.29, 0.717) is 12.2 Å². The normalized spacial score (nSPS) is 11.6. The van der Waals surface area contributed by atoms with E-state index in [9.17, 15) is 13.5 Å². The molecule has 0 aliphatic heterocycles. The van der Waals surface area contributed by atoms with Gasteiger partial charge >= 0.3 is 0 Å². The van der Waals surface area contributed by atoms with Crippen LogP contribution in [0.4, 0.5) is 0 Å². The van der Waals surface area contributed by atoms with E-state index in [-0.39, 0.29) is 11.5 Å². The molecule has 0 radical (unpaired) electrons. The molecule has 0 aliphatic carbocycles. The third-order valence-electron chi connectivity index (χ3n) is 3.75. The molecule has 0 fully saturated rings. The first kappa shape index (κ1) is 16.4. The molecule has 0 saturated carbocycles. The van der Waals surface area contributed by atoms with E-state index in [2.05, 4.69) is 5.10 Å². The highest BCUT2D eigenvalue weighted by Crippen LogP contribution is 2.23. The fourth-order valence-electron chi connectivity index (χ4n) is 2.53. The molecule has 1 N–H and O–H groups in total. The van der Waals surface area contributed by atoms with E-state index in [1.54, 1.807) is 24.3 Å². The molecule has 0 saturated heterocycles. The quantitative estimate of drug-likeness (QED) is 0.773. The highest BCUT2D eigenvalue weighted by atomic mass is 32.2. The van der Waals surface area contributed by atoms with Gasteiger partial charge in [-0.05, 0) is 29.3 Å². The minimum atomic E-state index is -3.22. The number of hydrogen-bond acceptors (Lipinski definition) is 4. The van der Waals surface area contributed by atoms with Crippen LogP contribution in [-0.4, -0.2) is 29.6 Å². The van der Waals surface area contributed by atoms with E-state index in [0.717, 1.165) is 16.8 Å². The molecule has 3 aromatic rings. The van der Waals surface area contributed by atoms with Crippen LogP contribution < -0.4 is 0 Å². The van der Waals surface area contributed by atoms with Crippen LogP contribution in [0.3, 0.4) is 0 Å². The third kappa shape index (κ3) is 3.55. The van der Waals surface area contributed by atoms with Crippen LogP contribution >= 0.6 is 0 Å². The molecule has 0 atom stereocenters. The lowest BCUT2D eigenvalue weighted by Crippen LogP contribution is -2.04. The van der Waals surface area contributed by atoms with E-state index in [1.165, 1.54) is 6.26 Å². The summed E-state index contributed by atoms with van der Waals surface area (Å²) in [7, 11) is -3.22. The van der Waals surface area contributed by atoms with Crippen molar-refractivity contribution in [3.05, 3.63) is 71.9 Å². The van der Waals surface area contributed by atoms with Gasteiger partial charge in [-0.25, -0.2) is 8.42 Å². The number of benzene rings is 2. The summed E-state index contributed by atoms with van der Waals surface area (Å²) in [6.07, 6.45) is 1.19. The Hall–Kier alpha value is -2.44. The van der Waals surface area contributed by atoms with Gasteiger partial charge in [-0.15, -0.1) is 0 Å². The highest BCUT2D eigenvalue weighted by molar-refractivity contribution is 7.90. The predicted octanol–water partition coefficient (Wildman–Crippen LogP) is 2.49. The molecule has 0 aliphatic rings. The fraction of sp³-hybridized carbons (Fsp3) is 0.167. The Balaban J connectivity index is 1.99. The Morgan fingerprint density at radius 1 is 1.04 bits per heavy atom. The molecule has 0 bridgehead atoms. The summed E-state index contributed by atoms with van der Waals surface area (Å²) in [6.45, 7) is 0.431. The maximum absolute atomic E-state index is 11.6. The van der Waals surface area contributed by atoms with E-state index in [4.69, 9.17) is 0 Å². The lowest BCUT2D eigenvalue weighted by Gasteiger charge is -2.08. The van der Waals surface area contributed by atoms with Crippen molar-refractivity contribution < 1.29 is 13.5 Å². The van der Waals surface area contributed by atoms with Crippen LogP contribution in [0.25, 0.3) is 11.3 Å². The zero-order chi connectivity index (χ0) is 17.2. The number of hydrogen-bond donors (Lipinski definition) is 1. The molecule has 0 unspecified atom stereocenters. The van der Waals surface area contributed by atoms with Crippen molar-refractivity contribution in [1.29, 1.82) is 0 Å². The fourth-order valence-corrected chi connectivity index (χ4v) is 3.16. The highest BCUT2D eigenvalue weighted by Gasteiger charge is 2.12. The first-order chi connectivity index (χ1) is 11.5. The second kappa shape index (κ2) is 6.59. The van der Waals surface area contributed by atoms with Gasteiger partial charge in [-0.3, -0.25) is 4.68 Å². The second-order valence-corrected chi connectivity index (χ2v) is 7.63. The zero-order valence-electron chi connectivity index (χ0n) is 13.3. The average Bonchev–Trinajstić information content (AvgIpc) is 2.98. The molecule has 0 amide bonds. The van der Waals surface area contributed by atoms with E-state index >= 15 is 0 Å². The SMILES string of the molecule is CS(=O)(=O)c1ccc(-c2cc(CO)nn2Cc2ccccc2)cc1. The van der Waals surface area contributed by atoms with Crippen LogP contribution in [-0.2, 0) is 23.0 Å². The summed E-state index contributed by atoms with van der Waals surface area (Å²) < 4.78 is 25.0. The van der Waals surface area contributed by atoms with Gasteiger partial charge in [0, 0.05) is 6.26 Å². The van der Waals surface area contributed by atoms with Crippen molar-refractivity contribution in [2.45, 2.75) is 18.0 Å². The van der Waals surface area contributed by atoms with E-state index < -0.39 is 9.84 Å². The molecule has 5 nitrogen and oxygen atoms in total. The van der Waals surface area contributed by atoms with E-state index in [1.807, 2.05) is 41.1 Å². The number of nitrogens with zero attached hydrogens (tertiary/aromatic N) is 2. The molecule has 124 valence electrons. The standard InChI is InChI=1S/C18H18N2O3S/c1-24(22,23)17-9-7-15(8-10-17)18-11-16(13-21)19-20(18)12-14-5-3-2-4-6-14/h2-11,21H,12-13H2,1H3. The summed E-state index contributed by atoms with van der Waals surface area (Å²) in [5, 5.41) is 13.8. The molecular formula is C18H18N2O3S. The van der Waals surface area contributed by atoms with Crippen molar-refractivity contribution in [3.63, 3.8) is 0 Å². The van der Waals surface area contributed by atoms with Crippen LogP contribution in [0.5, 0.6) is 0 Å². The minimum absolute atomic E-state index is 0.143. The number of rotatable bonds is 5. The van der Waals surface area contributed by atoms with Crippen molar-refractivity contribution in [3.8, 4) is 11.3 Å². The molecule has 1 aromatic heterocycles. The van der Waals surface area contributed by atoms with Crippen molar-refractivity contribution in [2.75, 3.05) is 6.26 Å². The maximum atomic E-state index is 11.6. The van der Waals surface area contributed by atoms with Gasteiger partial charge in [0.25, 0.3) is 0 Å². The van der Waals surface area contributed by atoms with Crippen LogP contribution in [0, 0.1) is 0 Å². The number of aliphatic hydroxyl groups excluding tert-OH is 1. The third-order valence-corrected chi connectivity index (χ3v) is 4.87. The first-order valence-corrected chi connectivity index (χ1v) is 9.38. The van der Waals surface area contributed by atoms with Crippen LogP contribution in [0.1, 0.15) is 11.3 Å². The van der Waals surface area contributed by atoms with Gasteiger partial charge in [-0.1, -0.05) is 42.5 Å². The Bertz CT molecular complexity index is 930. The molecule has 3 rings (SSSR count). The Kier molecular flexibility index (Phi) is 4.51. The largest absolute Gasteiger partial charge is 0.390 e. The first-order valence-electron chi connectivity index (χ1n) is 7.49. The summed E-state index contributed by atoms with van der Waals surface area (Å²) in [5.74, 6) is 0. The van der Waals surface area contributed by atoms with Crippen LogP contribution in [0.15, 0.2) is 65.6 Å². The lowest BCUT2D eigenvalue weighted by atomic mass is 10.1. The van der Waals surface area contributed by atoms with Gasteiger partial charge in [0.2, 0.25) is 0 Å². The molecule has 0 spiro atoms. The zero-order valence-corrected chi connectivity index (χ0v) is 14.1. The van der Waals surface area contributed by atoms with Gasteiger partial charge < -0.3 is 5.11 Å². The summed E-state index contributed by atoms with van der Waals surface area (Å²) >= 11 is 0. The Morgan fingerprint density at radius 3 is 2.29 bits per heavy atom. The maximum Gasteiger partial charge on any atom is 0.175 e. The monoisotopic (exact) mass is 342 g/mol. The molecule has 2 aromatic carbocycles. The smallest absolute Gasteiger partial charge is 0.175 e. The van der Waals surface area contributed by atoms with Crippen molar-refractivity contribution in [2.24, 2.45) is 0 Å². The number of aliphatic hydroxyl groups is 1. The molecular weight excluding hydrogens is 324 g/mol. The predicted molar refractivity (Wildman–Crippen MR) is 92.2 cm³/mol. The van der Waals surface area contributed by atoms with Gasteiger partial charge in [0.05, 0.1) is 29.4 Å². The Morgan fingerprint density at radius 2 is 1.71 bits per heavy atom. The molecule has 6 heteroatoms. The van der Waals surface area contributed by atoms with Crippen LogP contribution in [0.2, 0.25) is 0 Å². The van der Waals surface area contributed by atoms with Gasteiger partial charge in [-0.2, -0.15) is 5.10 Å². The summed E-state index contributed by atoms with van der Waals surface area (Å²) in [5.41, 5.74) is 3.36. The minimum Gasteiger partial charge on any atom is -0.390 e. The number of sulfone groups is 1. The second-order valence-electron chi connectivity index (χ2n) is 5.62. The van der Waals surface area contributed by atoms with Gasteiger partial charge in [0.15, 0.2) is 9.84 Å². The lowest BCUT2D eigenvalue weighted by molar-refractivity contribution is 0.275.